The molecule has 3 heterocycles. The SMILES string of the molecule is CCCCN(CCCC)c1ccc(/C=C/C2=C([O-])C(=C\C3=[N+](CCCC)c4ccc(-c5ccc(-c6ccc(/C=C(/C#N)C(=O)O)s6)c6nsnc56)cc4C3(C)C)/C2=O)cc1. The molecule has 2 aliphatic rings. The number of unbranched alkanes of at least 4 members (excludes halogenated alkanes) is 3. The lowest BCUT2D eigenvalue weighted by Crippen LogP contribution is -2.33. The summed E-state index contributed by atoms with van der Waals surface area (Å²) in [6.45, 7) is 13.7. The van der Waals surface area contributed by atoms with Gasteiger partial charge in [0.2, 0.25) is 5.69 Å². The van der Waals surface area contributed by atoms with Crippen molar-refractivity contribution in [1.29, 1.82) is 5.26 Å². The van der Waals surface area contributed by atoms with Gasteiger partial charge in [0, 0.05) is 74.9 Å². The number of benzene rings is 3. The number of carbonyl (C=O) groups excluding carboxylic acids is 1. The van der Waals surface area contributed by atoms with E-state index < -0.39 is 11.4 Å². The fraction of sp³-hybridized carbons (Fsp3) is 0.306. The first-order valence-electron chi connectivity index (χ1n) is 20.7. The summed E-state index contributed by atoms with van der Waals surface area (Å²) >= 11 is 2.52. The lowest BCUT2D eigenvalue weighted by molar-refractivity contribution is -0.438. The Morgan fingerprint density at radius 1 is 0.917 bits per heavy atom. The Bertz CT molecular complexity index is 2660. The van der Waals surface area contributed by atoms with E-state index in [4.69, 9.17) is 4.37 Å². The van der Waals surface area contributed by atoms with Crippen molar-refractivity contribution in [2.24, 2.45) is 0 Å². The molecule has 1 aliphatic heterocycles. The van der Waals surface area contributed by atoms with Gasteiger partial charge in [0.1, 0.15) is 29.2 Å². The van der Waals surface area contributed by atoms with E-state index in [2.05, 4.69) is 90.9 Å². The molecule has 0 unspecified atom stereocenters. The van der Waals surface area contributed by atoms with Crippen molar-refractivity contribution in [3.05, 3.63) is 117 Å². The Hall–Kier alpha value is -5.96. The maximum absolute atomic E-state index is 13.6. The topological polar surface area (TPSA) is 133 Å². The first kappa shape index (κ1) is 42.2. The number of nitrogens with zero attached hydrogens (tertiary/aromatic N) is 5. The average molecular weight is 836 g/mol. The lowest BCUT2D eigenvalue weighted by Gasteiger charge is -2.29. The zero-order chi connectivity index (χ0) is 42.6. The van der Waals surface area contributed by atoms with Crippen LogP contribution in [-0.2, 0) is 15.0 Å². The largest absolute Gasteiger partial charge is 0.871 e. The number of carbonyl (C=O) groups is 2. The Morgan fingerprint density at radius 3 is 2.25 bits per heavy atom. The van der Waals surface area contributed by atoms with Crippen LogP contribution in [0.1, 0.15) is 89.1 Å². The van der Waals surface area contributed by atoms with Crippen LogP contribution in [0.25, 0.3) is 44.8 Å². The number of aromatic nitrogens is 2. The third-order valence-corrected chi connectivity index (χ3v) is 13.0. The molecule has 1 aliphatic carbocycles. The Morgan fingerprint density at radius 2 is 1.60 bits per heavy atom. The number of ketones is 1. The van der Waals surface area contributed by atoms with Crippen LogP contribution in [0.15, 0.2) is 101 Å². The molecule has 0 amide bonds. The van der Waals surface area contributed by atoms with Crippen LogP contribution >= 0.6 is 23.1 Å². The Labute approximate surface area is 360 Å². The number of anilines is 1. The third-order valence-electron chi connectivity index (χ3n) is 11.4. The third kappa shape index (κ3) is 8.27. The van der Waals surface area contributed by atoms with Gasteiger partial charge in [-0.3, -0.25) is 4.79 Å². The molecule has 60 heavy (non-hydrogen) atoms. The second-order valence-electron chi connectivity index (χ2n) is 15.8. The van der Waals surface area contributed by atoms with Crippen LogP contribution in [0.5, 0.6) is 0 Å². The summed E-state index contributed by atoms with van der Waals surface area (Å²) in [6, 6.07) is 24.3. The van der Waals surface area contributed by atoms with Gasteiger partial charge in [0.15, 0.2) is 11.5 Å². The van der Waals surface area contributed by atoms with Crippen molar-refractivity contribution in [3.8, 4) is 27.6 Å². The van der Waals surface area contributed by atoms with Gasteiger partial charge < -0.3 is 15.1 Å². The normalized spacial score (nSPS) is 15.6. The summed E-state index contributed by atoms with van der Waals surface area (Å²) in [6.07, 6.45) is 13.3. The number of nitriles is 1. The fourth-order valence-corrected chi connectivity index (χ4v) is 9.47. The zero-order valence-electron chi connectivity index (χ0n) is 34.7. The van der Waals surface area contributed by atoms with E-state index in [1.54, 1.807) is 18.2 Å². The number of Topliss-reactive ketones (excluding diaryl/α,β-unsaturated/α-hetero) is 1. The summed E-state index contributed by atoms with van der Waals surface area (Å²) in [5.74, 6) is -1.72. The second-order valence-corrected chi connectivity index (χ2v) is 17.4. The highest BCUT2D eigenvalue weighted by Gasteiger charge is 2.45. The van der Waals surface area contributed by atoms with Gasteiger partial charge in [-0.2, -0.15) is 18.6 Å². The monoisotopic (exact) mass is 835 g/mol. The molecule has 5 aromatic rings. The second kappa shape index (κ2) is 18.1. The molecule has 0 fully saturated rings. The number of hydrogen-bond acceptors (Lipinski definition) is 9. The molecular formula is C49H49N5O4S2. The standard InChI is InChI=1S/C49H49N5O4S2/c1-6-9-24-53(25-10-7-2)34-16-12-31(13-17-34)14-19-38-46(55)39(47(38)56)29-43-49(4,5)40-28-32(15-22-41(40)54(43)26-11-8-3)36-20-21-37(45-44(36)51-60-52-45)42-23-18-35(59-42)27-33(30-50)48(57)58/h12-23,27-29H,6-11,24-26H2,1-5H3,(H-,55,56,57,58)/b33-27-. The molecule has 7 rings (SSSR count). The maximum Gasteiger partial charge on any atom is 0.346 e. The van der Waals surface area contributed by atoms with Crippen LogP contribution in [0.2, 0.25) is 0 Å². The molecule has 0 bridgehead atoms. The summed E-state index contributed by atoms with van der Waals surface area (Å²) < 4.78 is 11.6. The summed E-state index contributed by atoms with van der Waals surface area (Å²) in [5, 5.41) is 32.2. The summed E-state index contributed by atoms with van der Waals surface area (Å²) in [5.41, 5.74) is 9.09. The van der Waals surface area contributed by atoms with E-state index in [9.17, 15) is 25.1 Å². The minimum atomic E-state index is -1.26. The van der Waals surface area contributed by atoms with Gasteiger partial charge in [-0.25, -0.2) is 4.79 Å². The fourth-order valence-electron chi connectivity index (χ4n) is 7.91. The van der Waals surface area contributed by atoms with Crippen molar-refractivity contribution in [2.45, 2.75) is 78.6 Å². The maximum atomic E-state index is 13.6. The molecule has 306 valence electrons. The number of rotatable bonds is 17. The number of allylic oxidation sites excluding steroid dienone is 4. The van der Waals surface area contributed by atoms with E-state index in [1.807, 2.05) is 30.4 Å². The van der Waals surface area contributed by atoms with Crippen LogP contribution in [0.4, 0.5) is 11.4 Å². The highest BCUT2D eigenvalue weighted by Crippen LogP contribution is 2.45. The number of aliphatic carboxylic acids is 1. The first-order valence-corrected chi connectivity index (χ1v) is 22.3. The molecule has 0 saturated heterocycles. The first-order chi connectivity index (χ1) is 29.0. The molecule has 2 aromatic heterocycles. The number of thiophene rings is 1. The molecule has 3 aromatic carbocycles. The highest BCUT2D eigenvalue weighted by molar-refractivity contribution is 7.16. The van der Waals surface area contributed by atoms with Gasteiger partial charge in [-0.05, 0) is 80.3 Å². The summed E-state index contributed by atoms with van der Waals surface area (Å²) in [4.78, 5) is 29.0. The van der Waals surface area contributed by atoms with Crippen molar-refractivity contribution in [3.63, 3.8) is 0 Å². The van der Waals surface area contributed by atoms with Gasteiger partial charge in [-0.1, -0.05) is 82.2 Å². The van der Waals surface area contributed by atoms with Crippen LogP contribution in [0, 0.1) is 11.3 Å². The highest BCUT2D eigenvalue weighted by atomic mass is 32.1. The molecule has 9 nitrogen and oxygen atoms in total. The van der Waals surface area contributed by atoms with Crippen molar-refractivity contribution in [1.82, 2.24) is 8.75 Å². The minimum Gasteiger partial charge on any atom is -0.871 e. The van der Waals surface area contributed by atoms with Crippen LogP contribution < -0.4 is 10.0 Å². The van der Waals surface area contributed by atoms with E-state index in [1.165, 1.54) is 23.1 Å². The molecule has 0 radical (unpaired) electrons. The number of fused-ring (bicyclic) bond motifs is 2. The molecule has 0 spiro atoms. The van der Waals surface area contributed by atoms with Gasteiger partial charge in [-0.15, -0.1) is 11.3 Å². The predicted octanol–water partition coefficient (Wildman–Crippen LogP) is 10.5. The van der Waals surface area contributed by atoms with E-state index in [0.717, 1.165) is 125 Å². The molecule has 1 N–H and O–H groups in total. The lowest BCUT2D eigenvalue weighted by atomic mass is 9.78. The number of carboxylic acids is 1. The smallest absolute Gasteiger partial charge is 0.346 e. The van der Waals surface area contributed by atoms with E-state index >= 15 is 0 Å². The van der Waals surface area contributed by atoms with Crippen molar-refractivity contribution in [2.75, 3.05) is 24.5 Å². The van der Waals surface area contributed by atoms with Gasteiger partial charge >= 0.3 is 5.97 Å². The van der Waals surface area contributed by atoms with E-state index in [-0.39, 0.29) is 28.3 Å². The molecule has 11 heteroatoms. The molecule has 0 atom stereocenters. The quantitative estimate of drug-likeness (QED) is 0.0556. The number of hydrogen-bond donors (Lipinski definition) is 1. The number of carboxylic acid groups (broad SMARTS) is 1. The Kier molecular flexibility index (Phi) is 12.7. The van der Waals surface area contributed by atoms with Crippen molar-refractivity contribution < 1.29 is 24.4 Å². The molecule has 0 saturated carbocycles. The van der Waals surface area contributed by atoms with Gasteiger partial charge in [0.25, 0.3) is 0 Å². The Balaban J connectivity index is 1.16. The van der Waals surface area contributed by atoms with Crippen LogP contribution in [0.3, 0.4) is 0 Å². The van der Waals surface area contributed by atoms with E-state index in [0.29, 0.717) is 4.88 Å². The molecular weight excluding hydrogens is 787 g/mol. The minimum absolute atomic E-state index is 0.209. The average Bonchev–Trinajstić information content (AvgIpc) is 3.98. The van der Waals surface area contributed by atoms with Gasteiger partial charge in [0.05, 0.1) is 17.1 Å². The van der Waals surface area contributed by atoms with Crippen LogP contribution in [-0.4, -0.2) is 55.5 Å². The van der Waals surface area contributed by atoms with Crippen molar-refractivity contribution >= 4 is 75.1 Å². The zero-order valence-corrected chi connectivity index (χ0v) is 36.4. The predicted molar refractivity (Wildman–Crippen MR) is 243 cm³/mol. The summed E-state index contributed by atoms with van der Waals surface area (Å²) in [7, 11) is 0.